The Morgan fingerprint density at radius 1 is 0.514 bits per heavy atom. The smallest absolute Gasteiger partial charge is 0.227 e. The first kappa shape index (κ1) is 20.1. The Kier molecular flexibility index (Phi) is 4.16. The standard InChI is InChI=1S/C32H19N3O2/c1-2-8-21-19-22(16-15-20(21)7-1)35(25-11-3-13-27-29(25)23-9-5-17-33-31(23)36-27)26-12-4-14-28-30(26)24-10-6-18-34-32(24)37-28/h1-19H. The highest BCUT2D eigenvalue weighted by Crippen LogP contribution is 2.46. The van der Waals surface area contributed by atoms with E-state index in [1.54, 1.807) is 12.4 Å². The topological polar surface area (TPSA) is 55.3 Å². The van der Waals surface area contributed by atoms with Gasteiger partial charge in [-0.05, 0) is 71.4 Å². The van der Waals surface area contributed by atoms with Crippen molar-refractivity contribution in [3.63, 3.8) is 0 Å². The molecule has 0 fully saturated rings. The molecule has 4 aromatic carbocycles. The quantitative estimate of drug-likeness (QED) is 0.254. The number of furan rings is 2. The fraction of sp³-hybridized carbons (Fsp3) is 0. The van der Waals surface area contributed by atoms with Crippen LogP contribution in [0, 0.1) is 0 Å². The second-order valence-electron chi connectivity index (χ2n) is 9.08. The molecular formula is C32H19N3O2. The summed E-state index contributed by atoms with van der Waals surface area (Å²) in [4.78, 5) is 11.3. The van der Waals surface area contributed by atoms with Crippen LogP contribution in [0.25, 0.3) is 54.9 Å². The van der Waals surface area contributed by atoms with Crippen LogP contribution in [0.3, 0.4) is 0 Å². The molecule has 0 aliphatic rings. The van der Waals surface area contributed by atoms with E-state index in [0.29, 0.717) is 11.4 Å². The summed E-state index contributed by atoms with van der Waals surface area (Å²) in [6.07, 6.45) is 3.52. The monoisotopic (exact) mass is 477 g/mol. The van der Waals surface area contributed by atoms with Gasteiger partial charge in [-0.15, -0.1) is 0 Å². The Bertz CT molecular complexity index is 2010. The number of hydrogen-bond acceptors (Lipinski definition) is 5. The molecule has 4 aromatic heterocycles. The lowest BCUT2D eigenvalue weighted by atomic mass is 10.0. The molecule has 37 heavy (non-hydrogen) atoms. The predicted molar refractivity (Wildman–Crippen MR) is 149 cm³/mol. The molecule has 0 N–H and O–H groups in total. The van der Waals surface area contributed by atoms with E-state index in [4.69, 9.17) is 8.83 Å². The van der Waals surface area contributed by atoms with E-state index < -0.39 is 0 Å². The molecule has 8 aromatic rings. The van der Waals surface area contributed by atoms with Crippen molar-refractivity contribution in [1.29, 1.82) is 0 Å². The average Bonchev–Trinajstić information content (AvgIpc) is 3.52. The van der Waals surface area contributed by atoms with Crippen molar-refractivity contribution in [3.8, 4) is 0 Å². The zero-order valence-electron chi connectivity index (χ0n) is 19.6. The molecule has 0 spiro atoms. The fourth-order valence-electron chi connectivity index (χ4n) is 5.38. The molecule has 0 amide bonds. The second-order valence-corrected chi connectivity index (χ2v) is 9.08. The van der Waals surface area contributed by atoms with E-state index in [2.05, 4.69) is 81.6 Å². The Labute approximate surface area is 211 Å². The third-order valence-electron chi connectivity index (χ3n) is 6.98. The highest BCUT2D eigenvalue weighted by molar-refractivity contribution is 6.17. The molecule has 8 rings (SSSR count). The molecule has 0 aliphatic heterocycles. The summed E-state index contributed by atoms with van der Waals surface area (Å²) in [5.74, 6) is 0. The van der Waals surface area contributed by atoms with Gasteiger partial charge in [0.05, 0.1) is 32.9 Å². The predicted octanol–water partition coefficient (Wildman–Crippen LogP) is 8.90. The van der Waals surface area contributed by atoms with E-state index in [9.17, 15) is 0 Å². The molecule has 174 valence electrons. The van der Waals surface area contributed by atoms with Gasteiger partial charge in [0.15, 0.2) is 0 Å². The maximum absolute atomic E-state index is 6.16. The van der Waals surface area contributed by atoms with E-state index in [0.717, 1.165) is 49.8 Å². The van der Waals surface area contributed by atoms with Gasteiger partial charge in [-0.1, -0.05) is 42.5 Å². The number of anilines is 3. The minimum absolute atomic E-state index is 0.625. The highest BCUT2D eigenvalue weighted by Gasteiger charge is 2.23. The Morgan fingerprint density at radius 2 is 1.11 bits per heavy atom. The van der Waals surface area contributed by atoms with Crippen LogP contribution in [-0.4, -0.2) is 9.97 Å². The van der Waals surface area contributed by atoms with Crippen molar-refractivity contribution in [2.75, 3.05) is 4.90 Å². The van der Waals surface area contributed by atoms with Crippen LogP contribution in [-0.2, 0) is 0 Å². The lowest BCUT2D eigenvalue weighted by molar-refractivity contribution is 0.654. The Balaban J connectivity index is 1.51. The molecule has 0 bridgehead atoms. The number of hydrogen-bond donors (Lipinski definition) is 0. The Hall–Kier alpha value is -5.16. The molecule has 0 saturated heterocycles. The summed E-state index contributed by atoms with van der Waals surface area (Å²) in [6, 6.07) is 35.3. The van der Waals surface area contributed by atoms with Gasteiger partial charge in [0, 0.05) is 18.1 Å². The lowest BCUT2D eigenvalue weighted by Gasteiger charge is -2.27. The van der Waals surface area contributed by atoms with Gasteiger partial charge in [-0.25, -0.2) is 9.97 Å². The minimum Gasteiger partial charge on any atom is -0.438 e. The SMILES string of the molecule is c1ccc2cc(N(c3cccc4oc5ncccc5c34)c3cccc4oc5ncccc5c34)ccc2c1. The van der Waals surface area contributed by atoms with Crippen molar-refractivity contribution >= 4 is 72.0 Å². The van der Waals surface area contributed by atoms with E-state index in [1.165, 1.54) is 10.8 Å². The molecule has 0 unspecified atom stereocenters. The number of benzene rings is 4. The number of pyridine rings is 2. The number of rotatable bonds is 3. The molecule has 5 nitrogen and oxygen atoms in total. The van der Waals surface area contributed by atoms with E-state index in [1.807, 2.05) is 36.4 Å². The van der Waals surface area contributed by atoms with Crippen molar-refractivity contribution in [2.24, 2.45) is 0 Å². The summed E-state index contributed by atoms with van der Waals surface area (Å²) in [5, 5.41) is 6.35. The number of fused-ring (bicyclic) bond motifs is 7. The van der Waals surface area contributed by atoms with E-state index >= 15 is 0 Å². The lowest BCUT2D eigenvalue weighted by Crippen LogP contribution is -2.10. The normalized spacial score (nSPS) is 11.8. The molecule has 0 saturated carbocycles. The summed E-state index contributed by atoms with van der Waals surface area (Å²) in [6.45, 7) is 0. The van der Waals surface area contributed by atoms with Crippen LogP contribution in [0.15, 0.2) is 124 Å². The summed E-state index contributed by atoms with van der Waals surface area (Å²) in [5.41, 5.74) is 5.88. The van der Waals surface area contributed by atoms with Crippen LogP contribution in [0.2, 0.25) is 0 Å². The number of nitrogens with zero attached hydrogens (tertiary/aromatic N) is 3. The van der Waals surface area contributed by atoms with Crippen molar-refractivity contribution in [2.45, 2.75) is 0 Å². The first-order valence-electron chi connectivity index (χ1n) is 12.2. The van der Waals surface area contributed by atoms with Gasteiger partial charge < -0.3 is 13.7 Å². The van der Waals surface area contributed by atoms with Gasteiger partial charge in [0.1, 0.15) is 11.2 Å². The third kappa shape index (κ3) is 2.98. The van der Waals surface area contributed by atoms with Gasteiger partial charge >= 0.3 is 0 Å². The maximum atomic E-state index is 6.16. The van der Waals surface area contributed by atoms with Crippen molar-refractivity contribution < 1.29 is 8.83 Å². The first-order valence-corrected chi connectivity index (χ1v) is 12.2. The zero-order chi connectivity index (χ0) is 24.3. The van der Waals surface area contributed by atoms with Crippen molar-refractivity contribution in [1.82, 2.24) is 9.97 Å². The van der Waals surface area contributed by atoms with Gasteiger partial charge in [-0.2, -0.15) is 0 Å². The second kappa shape index (κ2) is 7.67. The minimum atomic E-state index is 0.625. The zero-order valence-corrected chi connectivity index (χ0v) is 19.6. The summed E-state index contributed by atoms with van der Waals surface area (Å²) < 4.78 is 12.3. The van der Waals surface area contributed by atoms with Crippen LogP contribution < -0.4 is 4.90 Å². The van der Waals surface area contributed by atoms with Crippen LogP contribution in [0.5, 0.6) is 0 Å². The molecular weight excluding hydrogens is 458 g/mol. The number of aromatic nitrogens is 2. The summed E-state index contributed by atoms with van der Waals surface area (Å²) in [7, 11) is 0. The van der Waals surface area contributed by atoms with Gasteiger partial charge in [-0.3, -0.25) is 0 Å². The largest absolute Gasteiger partial charge is 0.438 e. The van der Waals surface area contributed by atoms with Gasteiger partial charge in [0.2, 0.25) is 11.4 Å². The van der Waals surface area contributed by atoms with Gasteiger partial charge in [0.25, 0.3) is 0 Å². The average molecular weight is 478 g/mol. The fourth-order valence-corrected chi connectivity index (χ4v) is 5.38. The van der Waals surface area contributed by atoms with E-state index in [-0.39, 0.29) is 0 Å². The van der Waals surface area contributed by atoms with Crippen LogP contribution >= 0.6 is 0 Å². The van der Waals surface area contributed by atoms with Crippen molar-refractivity contribution in [3.05, 3.63) is 116 Å². The van der Waals surface area contributed by atoms with Crippen LogP contribution in [0.4, 0.5) is 17.1 Å². The Morgan fingerprint density at radius 3 is 1.73 bits per heavy atom. The molecule has 5 heteroatoms. The maximum Gasteiger partial charge on any atom is 0.227 e. The molecule has 0 atom stereocenters. The molecule has 4 heterocycles. The highest BCUT2D eigenvalue weighted by atomic mass is 16.3. The molecule has 0 aliphatic carbocycles. The van der Waals surface area contributed by atoms with Crippen LogP contribution in [0.1, 0.15) is 0 Å². The summed E-state index contributed by atoms with van der Waals surface area (Å²) >= 11 is 0. The third-order valence-corrected chi connectivity index (χ3v) is 6.98. The first-order chi connectivity index (χ1) is 18.3. The molecule has 0 radical (unpaired) electrons.